The smallest absolute Gasteiger partial charge is 0.261 e. The number of nitrogen functional groups attached to an aromatic ring is 1. The van der Waals surface area contributed by atoms with E-state index >= 15 is 0 Å². The van der Waals surface area contributed by atoms with Gasteiger partial charge in [0.05, 0.1) is 18.1 Å². The lowest BCUT2D eigenvalue weighted by Crippen LogP contribution is -2.14. The molecule has 0 aliphatic rings. The lowest BCUT2D eigenvalue weighted by Gasteiger charge is -2.10. The summed E-state index contributed by atoms with van der Waals surface area (Å²) in [5, 5.41) is 2.97. The molecule has 1 amide bonds. The van der Waals surface area contributed by atoms with Gasteiger partial charge in [-0.15, -0.1) is 0 Å². The van der Waals surface area contributed by atoms with Crippen LogP contribution >= 0.6 is 0 Å². The second-order valence-corrected chi connectivity index (χ2v) is 7.93. The fourth-order valence-corrected chi connectivity index (χ4v) is 3.89. The maximum absolute atomic E-state index is 13.4. The number of hydrogen-bond donors (Lipinski definition) is 2. The molecule has 0 spiro atoms. The van der Waals surface area contributed by atoms with Crippen molar-refractivity contribution in [2.24, 2.45) is 0 Å². The Morgan fingerprint density at radius 2 is 1.64 bits per heavy atom. The number of para-hydroxylation sites is 2. The first kappa shape index (κ1) is 20.5. The molecule has 2 heterocycles. The van der Waals surface area contributed by atoms with Crippen molar-refractivity contribution in [1.82, 2.24) is 14.5 Å². The molecule has 0 unspecified atom stereocenters. The largest absolute Gasteiger partial charge is 0.497 e. The summed E-state index contributed by atoms with van der Waals surface area (Å²) in [6.45, 7) is 4.04. The molecule has 3 N–H and O–H groups in total. The summed E-state index contributed by atoms with van der Waals surface area (Å²) in [4.78, 5) is 23.0. The number of methoxy groups -OCH3 is 1. The molecule has 33 heavy (non-hydrogen) atoms. The van der Waals surface area contributed by atoms with Crippen LogP contribution in [0.3, 0.4) is 0 Å². The zero-order valence-corrected chi connectivity index (χ0v) is 18.6. The summed E-state index contributed by atoms with van der Waals surface area (Å²) >= 11 is 0. The van der Waals surface area contributed by atoms with Gasteiger partial charge in [0.2, 0.25) is 0 Å². The van der Waals surface area contributed by atoms with E-state index in [1.54, 1.807) is 11.7 Å². The molecule has 0 saturated heterocycles. The van der Waals surface area contributed by atoms with Gasteiger partial charge in [-0.1, -0.05) is 18.2 Å². The number of ether oxygens (including phenoxy) is 1. The minimum atomic E-state index is -0.336. The fraction of sp³-hybridized carbons (Fsp3) is 0.115. The third-order valence-corrected chi connectivity index (χ3v) is 5.82. The zero-order chi connectivity index (χ0) is 23.1. The maximum Gasteiger partial charge on any atom is 0.261 e. The standard InChI is InChI=1S/C26H23N5O2/c1-15-8-9-17(14-16(15)2)28-26(32)22-23-25(30-21-7-5-4-6-20(21)29-23)31(24(22)27)18-10-12-19(33-3)13-11-18/h4-14H,27H2,1-3H3,(H,28,32). The van der Waals surface area contributed by atoms with Crippen molar-refractivity contribution >= 4 is 39.6 Å². The van der Waals surface area contributed by atoms with Crippen molar-refractivity contribution in [1.29, 1.82) is 0 Å². The minimum Gasteiger partial charge on any atom is -0.497 e. The highest BCUT2D eigenvalue weighted by molar-refractivity contribution is 6.16. The normalized spacial score (nSPS) is 11.1. The van der Waals surface area contributed by atoms with Gasteiger partial charge in [-0.3, -0.25) is 9.36 Å². The number of benzene rings is 3. The van der Waals surface area contributed by atoms with E-state index in [9.17, 15) is 4.79 Å². The molecule has 7 heteroatoms. The molecule has 0 radical (unpaired) electrons. The van der Waals surface area contributed by atoms with E-state index in [0.717, 1.165) is 28.1 Å². The van der Waals surface area contributed by atoms with Gasteiger partial charge < -0.3 is 15.8 Å². The van der Waals surface area contributed by atoms with Crippen LogP contribution in [-0.2, 0) is 0 Å². The van der Waals surface area contributed by atoms with Crippen LogP contribution in [0.4, 0.5) is 11.5 Å². The van der Waals surface area contributed by atoms with Gasteiger partial charge in [0.25, 0.3) is 5.91 Å². The summed E-state index contributed by atoms with van der Waals surface area (Å²) in [6.07, 6.45) is 0. The minimum absolute atomic E-state index is 0.270. The summed E-state index contributed by atoms with van der Waals surface area (Å²) in [6, 6.07) is 20.8. The molecule has 0 aliphatic heterocycles. The molecule has 5 aromatic rings. The topological polar surface area (TPSA) is 95.1 Å². The number of nitrogens with two attached hydrogens (primary N) is 1. The van der Waals surface area contributed by atoms with E-state index < -0.39 is 0 Å². The number of rotatable bonds is 4. The van der Waals surface area contributed by atoms with Crippen molar-refractivity contribution in [3.8, 4) is 11.4 Å². The van der Waals surface area contributed by atoms with Crippen LogP contribution in [0, 0.1) is 13.8 Å². The van der Waals surface area contributed by atoms with Gasteiger partial charge in [0, 0.05) is 11.4 Å². The Bertz CT molecular complexity index is 1520. The quantitative estimate of drug-likeness (QED) is 0.411. The highest BCUT2D eigenvalue weighted by atomic mass is 16.5. The Labute approximate surface area is 190 Å². The average Bonchev–Trinajstić information content (AvgIpc) is 3.10. The van der Waals surface area contributed by atoms with E-state index in [2.05, 4.69) is 5.32 Å². The van der Waals surface area contributed by atoms with E-state index in [1.807, 2.05) is 80.6 Å². The maximum atomic E-state index is 13.4. The molecule has 164 valence electrons. The van der Waals surface area contributed by atoms with Crippen LogP contribution in [0.1, 0.15) is 21.5 Å². The van der Waals surface area contributed by atoms with Gasteiger partial charge in [0.15, 0.2) is 5.65 Å². The SMILES string of the molecule is COc1ccc(-n2c(N)c(C(=O)Nc3ccc(C)c(C)c3)c3nc4ccccc4nc32)cc1. The number of hydrogen-bond acceptors (Lipinski definition) is 5. The van der Waals surface area contributed by atoms with Crippen molar-refractivity contribution in [2.75, 3.05) is 18.2 Å². The third-order valence-electron chi connectivity index (χ3n) is 5.82. The van der Waals surface area contributed by atoms with Crippen molar-refractivity contribution < 1.29 is 9.53 Å². The first-order chi connectivity index (χ1) is 16.0. The highest BCUT2D eigenvalue weighted by Gasteiger charge is 2.25. The number of aromatic nitrogens is 3. The molecule has 0 fully saturated rings. The average molecular weight is 438 g/mol. The Hall–Kier alpha value is -4.39. The number of nitrogens with zero attached hydrogens (tertiary/aromatic N) is 3. The Morgan fingerprint density at radius 3 is 2.30 bits per heavy atom. The lowest BCUT2D eigenvalue weighted by atomic mass is 10.1. The first-order valence-corrected chi connectivity index (χ1v) is 10.6. The summed E-state index contributed by atoms with van der Waals surface area (Å²) < 4.78 is 7.03. The van der Waals surface area contributed by atoms with Gasteiger partial charge in [-0.2, -0.15) is 0 Å². The molecule has 5 rings (SSSR count). The predicted molar refractivity (Wildman–Crippen MR) is 131 cm³/mol. The number of fused-ring (bicyclic) bond motifs is 2. The number of carbonyl (C=O) groups excluding carboxylic acids is 1. The number of amides is 1. The molecule has 0 bridgehead atoms. The number of aryl methyl sites for hydroxylation is 2. The number of carbonyl (C=O) groups is 1. The van der Waals surface area contributed by atoms with E-state index in [4.69, 9.17) is 20.4 Å². The Morgan fingerprint density at radius 1 is 0.939 bits per heavy atom. The van der Waals surface area contributed by atoms with Gasteiger partial charge in [-0.25, -0.2) is 9.97 Å². The van der Waals surface area contributed by atoms with Gasteiger partial charge >= 0.3 is 0 Å². The second kappa shape index (κ2) is 7.94. The fourth-order valence-electron chi connectivity index (χ4n) is 3.89. The third kappa shape index (κ3) is 3.53. The van der Waals surface area contributed by atoms with Crippen LogP contribution in [-0.4, -0.2) is 27.6 Å². The monoisotopic (exact) mass is 437 g/mol. The van der Waals surface area contributed by atoms with Crippen molar-refractivity contribution in [3.05, 3.63) is 83.4 Å². The van der Waals surface area contributed by atoms with Crippen molar-refractivity contribution in [3.63, 3.8) is 0 Å². The molecule has 7 nitrogen and oxygen atoms in total. The van der Waals surface area contributed by atoms with E-state index in [1.165, 1.54) is 0 Å². The summed E-state index contributed by atoms with van der Waals surface area (Å²) in [5.74, 6) is 0.655. The van der Waals surface area contributed by atoms with E-state index in [-0.39, 0.29) is 17.3 Å². The molecule has 0 aliphatic carbocycles. The molecule has 2 aromatic heterocycles. The summed E-state index contributed by atoms with van der Waals surface area (Å²) in [7, 11) is 1.61. The van der Waals surface area contributed by atoms with E-state index in [0.29, 0.717) is 22.4 Å². The highest BCUT2D eigenvalue weighted by Crippen LogP contribution is 2.32. The Balaban J connectivity index is 1.71. The molecule has 0 saturated carbocycles. The number of anilines is 2. The van der Waals surface area contributed by atoms with Crippen LogP contribution < -0.4 is 15.8 Å². The molecule has 0 atom stereocenters. The predicted octanol–water partition coefficient (Wildman–Crippen LogP) is 5.03. The van der Waals surface area contributed by atoms with Crippen LogP contribution in [0.2, 0.25) is 0 Å². The van der Waals surface area contributed by atoms with Crippen molar-refractivity contribution in [2.45, 2.75) is 13.8 Å². The van der Waals surface area contributed by atoms with Crippen LogP contribution in [0.5, 0.6) is 5.75 Å². The number of nitrogens with one attached hydrogen (secondary N) is 1. The molecule has 3 aromatic carbocycles. The molecular formula is C26H23N5O2. The van der Waals surface area contributed by atoms with Crippen LogP contribution in [0.15, 0.2) is 66.7 Å². The van der Waals surface area contributed by atoms with Gasteiger partial charge in [-0.05, 0) is 73.5 Å². The zero-order valence-electron chi connectivity index (χ0n) is 18.6. The first-order valence-electron chi connectivity index (χ1n) is 10.6. The molecular weight excluding hydrogens is 414 g/mol. The lowest BCUT2D eigenvalue weighted by molar-refractivity contribution is 0.102. The second-order valence-electron chi connectivity index (χ2n) is 7.93. The Kier molecular flexibility index (Phi) is 4.94. The summed E-state index contributed by atoms with van der Waals surface area (Å²) in [5.41, 5.74) is 12.9. The van der Waals surface area contributed by atoms with Gasteiger partial charge in [0.1, 0.15) is 22.6 Å². The van der Waals surface area contributed by atoms with Crippen LogP contribution in [0.25, 0.3) is 27.9 Å².